The monoisotopic (exact) mass is 388 g/mol. The lowest BCUT2D eigenvalue weighted by molar-refractivity contribution is -0.152. The molecular weight excluding hydrogens is 360 g/mol. The molecule has 2 rings (SSSR count). The number of carbonyl (C=O) groups is 2. The number of carbonyl (C=O) groups excluding carboxylic acids is 1. The molecule has 0 amide bonds. The van der Waals surface area contributed by atoms with Gasteiger partial charge >= 0.3 is 20.7 Å². The molecule has 4 atom stereocenters. The zero-order valence-electron chi connectivity index (χ0n) is 15.5. The molecule has 0 aliphatic carbocycles. The minimum atomic E-state index is -2.73. The van der Waals surface area contributed by atoms with Gasteiger partial charge in [-0.25, -0.2) is 0 Å². The maximum absolute atomic E-state index is 12.0. The molecule has 2 aliphatic heterocycles. The number of ether oxygens (including phenoxy) is 2. The molecule has 2 bridgehead atoms. The molecule has 2 aliphatic rings. The summed E-state index contributed by atoms with van der Waals surface area (Å²) in [6, 6.07) is 0.490. The van der Waals surface area contributed by atoms with Crippen molar-refractivity contribution in [1.29, 1.82) is 0 Å². The Bertz CT molecular complexity index is 511. The summed E-state index contributed by atoms with van der Waals surface area (Å²) in [5, 5.41) is 9.37. The number of fused-ring (bicyclic) bond motifs is 2. The van der Waals surface area contributed by atoms with Crippen molar-refractivity contribution in [3.8, 4) is 0 Å². The molecule has 0 aromatic carbocycles. The standard InChI is InChI=1S/C17H28O8Si/c1-21-26(22-2,23-3)8-4-5-12(17(19)20)10-16(18)24-11-13-9-14-6-7-15(13)25-14/h6-7,12-15H,4-5,8-11H2,1-3H3,(H,19,20). The van der Waals surface area contributed by atoms with Crippen LogP contribution in [0.25, 0.3) is 0 Å². The van der Waals surface area contributed by atoms with E-state index in [0.717, 1.165) is 6.42 Å². The Morgan fingerprint density at radius 1 is 1.23 bits per heavy atom. The van der Waals surface area contributed by atoms with E-state index in [2.05, 4.69) is 0 Å². The van der Waals surface area contributed by atoms with Crippen LogP contribution < -0.4 is 0 Å². The zero-order chi connectivity index (χ0) is 19.2. The highest BCUT2D eigenvalue weighted by Gasteiger charge is 2.39. The van der Waals surface area contributed by atoms with E-state index in [1.165, 1.54) is 21.3 Å². The number of hydrogen-bond acceptors (Lipinski definition) is 7. The summed E-state index contributed by atoms with van der Waals surface area (Å²) >= 11 is 0. The summed E-state index contributed by atoms with van der Waals surface area (Å²) in [5.41, 5.74) is 0. The predicted octanol–water partition coefficient (Wildman–Crippen LogP) is 1.62. The third-order valence-electron chi connectivity index (χ3n) is 5.04. The number of esters is 1. The second-order valence-corrected chi connectivity index (χ2v) is 9.72. The van der Waals surface area contributed by atoms with Crippen molar-refractivity contribution in [3.05, 3.63) is 12.2 Å². The second-order valence-electron chi connectivity index (χ2n) is 6.63. The van der Waals surface area contributed by atoms with E-state index in [-0.39, 0.29) is 31.2 Å². The highest BCUT2D eigenvalue weighted by molar-refractivity contribution is 6.60. The maximum Gasteiger partial charge on any atom is 0.500 e. The molecule has 2 heterocycles. The van der Waals surface area contributed by atoms with Crippen LogP contribution in [-0.4, -0.2) is 66.0 Å². The molecule has 0 aromatic heterocycles. The number of rotatable bonds is 12. The van der Waals surface area contributed by atoms with Gasteiger partial charge in [-0.05, 0) is 19.3 Å². The van der Waals surface area contributed by atoms with Crippen LogP contribution in [0.3, 0.4) is 0 Å². The van der Waals surface area contributed by atoms with Gasteiger partial charge < -0.3 is 27.9 Å². The van der Waals surface area contributed by atoms with Crippen molar-refractivity contribution in [2.75, 3.05) is 27.9 Å². The third kappa shape index (κ3) is 5.37. The van der Waals surface area contributed by atoms with E-state index in [1.807, 2.05) is 12.2 Å². The van der Waals surface area contributed by atoms with Gasteiger partial charge in [-0.15, -0.1) is 0 Å². The molecular formula is C17H28O8Si. The smallest absolute Gasteiger partial charge is 0.481 e. The fourth-order valence-electron chi connectivity index (χ4n) is 3.42. The highest BCUT2D eigenvalue weighted by Crippen LogP contribution is 2.33. The average Bonchev–Trinajstić information content (AvgIpc) is 3.26. The van der Waals surface area contributed by atoms with Gasteiger partial charge in [-0.3, -0.25) is 9.59 Å². The van der Waals surface area contributed by atoms with Gasteiger partial charge in [0, 0.05) is 33.3 Å². The first-order valence-electron chi connectivity index (χ1n) is 8.80. The largest absolute Gasteiger partial charge is 0.500 e. The van der Waals surface area contributed by atoms with Gasteiger partial charge in [0.1, 0.15) is 0 Å². The molecule has 0 saturated carbocycles. The Morgan fingerprint density at radius 3 is 2.42 bits per heavy atom. The molecule has 1 N–H and O–H groups in total. The fraction of sp³-hybridized carbons (Fsp3) is 0.765. The van der Waals surface area contributed by atoms with E-state index >= 15 is 0 Å². The maximum atomic E-state index is 12.0. The normalized spacial score (nSPS) is 25.4. The predicted molar refractivity (Wildman–Crippen MR) is 93.4 cm³/mol. The molecule has 9 heteroatoms. The lowest BCUT2D eigenvalue weighted by atomic mass is 9.95. The quantitative estimate of drug-likeness (QED) is 0.306. The third-order valence-corrected chi connectivity index (χ3v) is 7.87. The van der Waals surface area contributed by atoms with Crippen molar-refractivity contribution < 1.29 is 37.4 Å². The summed E-state index contributed by atoms with van der Waals surface area (Å²) < 4.78 is 26.9. The summed E-state index contributed by atoms with van der Waals surface area (Å²) in [6.07, 6.45) is 5.70. The molecule has 0 radical (unpaired) electrons. The minimum absolute atomic E-state index is 0.0123. The van der Waals surface area contributed by atoms with Crippen LogP contribution in [0.5, 0.6) is 0 Å². The Kier molecular flexibility index (Phi) is 7.78. The van der Waals surface area contributed by atoms with Crippen LogP contribution >= 0.6 is 0 Å². The topological polar surface area (TPSA) is 101 Å². The molecule has 1 fully saturated rings. The van der Waals surface area contributed by atoms with E-state index in [1.54, 1.807) is 0 Å². The number of aliphatic carboxylic acids is 1. The first-order chi connectivity index (χ1) is 12.4. The van der Waals surface area contributed by atoms with Gasteiger partial charge in [0.2, 0.25) is 0 Å². The highest BCUT2D eigenvalue weighted by atomic mass is 28.4. The molecule has 148 valence electrons. The molecule has 8 nitrogen and oxygen atoms in total. The first kappa shape index (κ1) is 21.0. The zero-order valence-corrected chi connectivity index (χ0v) is 16.5. The van der Waals surface area contributed by atoms with Crippen LogP contribution in [0, 0.1) is 11.8 Å². The van der Waals surface area contributed by atoms with Crippen LogP contribution in [0.4, 0.5) is 0 Å². The number of carboxylic acids is 1. The SMILES string of the molecule is CO[Si](CCCC(CC(=O)OCC1CC2C=CC1O2)C(=O)O)(OC)OC. The minimum Gasteiger partial charge on any atom is -0.481 e. The van der Waals surface area contributed by atoms with E-state index < -0.39 is 26.7 Å². The van der Waals surface area contributed by atoms with Gasteiger partial charge in [-0.1, -0.05) is 12.2 Å². The Labute approximate surface area is 154 Å². The lowest BCUT2D eigenvalue weighted by Gasteiger charge is -2.24. The summed E-state index contributed by atoms with van der Waals surface area (Å²) in [4.78, 5) is 23.5. The Balaban J connectivity index is 1.73. The Morgan fingerprint density at radius 2 is 1.92 bits per heavy atom. The first-order valence-corrected chi connectivity index (χ1v) is 10.7. The molecule has 1 saturated heterocycles. The fourth-order valence-corrected chi connectivity index (χ4v) is 5.17. The Hall–Kier alpha value is -1.26. The van der Waals surface area contributed by atoms with Crippen LogP contribution in [0.1, 0.15) is 25.7 Å². The molecule has 26 heavy (non-hydrogen) atoms. The van der Waals surface area contributed by atoms with Crippen molar-refractivity contribution in [1.82, 2.24) is 0 Å². The van der Waals surface area contributed by atoms with E-state index in [4.69, 9.17) is 22.8 Å². The van der Waals surface area contributed by atoms with Crippen molar-refractivity contribution in [2.45, 2.75) is 43.9 Å². The van der Waals surface area contributed by atoms with Gasteiger partial charge in [0.25, 0.3) is 0 Å². The van der Waals surface area contributed by atoms with Crippen LogP contribution in [0.2, 0.25) is 6.04 Å². The average molecular weight is 388 g/mol. The van der Waals surface area contributed by atoms with Gasteiger partial charge in [0.15, 0.2) is 0 Å². The van der Waals surface area contributed by atoms with E-state index in [9.17, 15) is 14.7 Å². The van der Waals surface area contributed by atoms with E-state index in [0.29, 0.717) is 18.9 Å². The summed E-state index contributed by atoms with van der Waals surface area (Å²) in [6.45, 7) is 0.268. The molecule has 0 spiro atoms. The number of hydrogen-bond donors (Lipinski definition) is 1. The second kappa shape index (κ2) is 9.61. The van der Waals surface area contributed by atoms with Crippen molar-refractivity contribution >= 4 is 20.7 Å². The van der Waals surface area contributed by atoms with Crippen LogP contribution in [0.15, 0.2) is 12.2 Å². The van der Waals surface area contributed by atoms with Crippen molar-refractivity contribution in [2.24, 2.45) is 11.8 Å². The van der Waals surface area contributed by atoms with Crippen molar-refractivity contribution in [3.63, 3.8) is 0 Å². The van der Waals surface area contributed by atoms with Gasteiger partial charge in [-0.2, -0.15) is 0 Å². The molecule has 0 aromatic rings. The lowest BCUT2D eigenvalue weighted by Crippen LogP contribution is -2.42. The van der Waals surface area contributed by atoms with Gasteiger partial charge in [0.05, 0.1) is 31.2 Å². The van der Waals surface area contributed by atoms with Crippen LogP contribution in [-0.2, 0) is 32.3 Å². The summed E-state index contributed by atoms with van der Waals surface area (Å²) in [5.74, 6) is -2.13. The number of carboxylic acid groups (broad SMARTS) is 1. The molecule has 4 unspecified atom stereocenters. The summed E-state index contributed by atoms with van der Waals surface area (Å²) in [7, 11) is 1.81.